The van der Waals surface area contributed by atoms with E-state index in [1.54, 1.807) is 12.4 Å². The predicted octanol–water partition coefficient (Wildman–Crippen LogP) is 2.20. The van der Waals surface area contributed by atoms with Gasteiger partial charge >= 0.3 is 5.97 Å². The summed E-state index contributed by atoms with van der Waals surface area (Å²) in [4.78, 5) is 15.3. The third kappa shape index (κ3) is 2.95. The van der Waals surface area contributed by atoms with Gasteiger partial charge in [0.25, 0.3) is 0 Å². The molecule has 1 saturated carbocycles. The van der Waals surface area contributed by atoms with Crippen LogP contribution in [0.5, 0.6) is 0 Å². The molecule has 4 nitrogen and oxygen atoms in total. The van der Waals surface area contributed by atoms with Gasteiger partial charge in [-0.25, -0.2) is 0 Å². The summed E-state index contributed by atoms with van der Waals surface area (Å²) in [5, 5.41) is 12.6. The Morgan fingerprint density at radius 2 is 2.05 bits per heavy atom. The number of rotatable bonds is 6. The lowest BCUT2D eigenvalue weighted by Gasteiger charge is -2.38. The maximum absolute atomic E-state index is 11.3. The van der Waals surface area contributed by atoms with Crippen molar-refractivity contribution >= 4 is 5.97 Å². The van der Waals surface area contributed by atoms with Gasteiger partial charge in [-0.05, 0) is 30.5 Å². The summed E-state index contributed by atoms with van der Waals surface area (Å²) in [6.07, 6.45) is 6.21. The second-order valence-corrected chi connectivity index (χ2v) is 6.16. The van der Waals surface area contributed by atoms with Crippen molar-refractivity contribution in [2.45, 2.75) is 38.5 Å². The van der Waals surface area contributed by atoms with Crippen LogP contribution in [0.2, 0.25) is 0 Å². The average molecular weight is 262 g/mol. The normalized spacial score (nSPS) is 17.8. The number of carboxylic acid groups (broad SMARTS) is 1. The zero-order chi connectivity index (χ0) is 13.9. The molecule has 1 aromatic heterocycles. The zero-order valence-corrected chi connectivity index (χ0v) is 11.6. The van der Waals surface area contributed by atoms with Crippen molar-refractivity contribution in [3.8, 4) is 0 Å². The molecule has 0 amide bonds. The van der Waals surface area contributed by atoms with Gasteiger partial charge in [0, 0.05) is 30.9 Å². The molecule has 1 aliphatic rings. The van der Waals surface area contributed by atoms with Crippen LogP contribution in [0.3, 0.4) is 0 Å². The van der Waals surface area contributed by atoms with Gasteiger partial charge in [-0.15, -0.1) is 0 Å². The van der Waals surface area contributed by atoms with E-state index < -0.39 is 11.4 Å². The molecule has 19 heavy (non-hydrogen) atoms. The number of carboxylic acids is 1. The van der Waals surface area contributed by atoms with Crippen LogP contribution >= 0.6 is 0 Å². The maximum atomic E-state index is 11.3. The highest BCUT2D eigenvalue weighted by molar-refractivity contribution is 5.76. The minimum absolute atomic E-state index is 0.0214. The number of carbonyl (C=O) groups is 1. The lowest BCUT2D eigenvalue weighted by atomic mass is 9.68. The van der Waals surface area contributed by atoms with Crippen molar-refractivity contribution in [1.82, 2.24) is 10.3 Å². The second-order valence-electron chi connectivity index (χ2n) is 6.16. The summed E-state index contributed by atoms with van der Waals surface area (Å²) < 4.78 is 0. The number of pyridine rings is 1. The molecule has 1 aromatic rings. The topological polar surface area (TPSA) is 62.2 Å². The average Bonchev–Trinajstić information content (AvgIpc) is 2.33. The van der Waals surface area contributed by atoms with Gasteiger partial charge in [0.15, 0.2) is 0 Å². The van der Waals surface area contributed by atoms with Crippen LogP contribution in [0.4, 0.5) is 0 Å². The van der Waals surface area contributed by atoms with Crippen LogP contribution in [0.15, 0.2) is 24.5 Å². The highest BCUT2D eigenvalue weighted by Crippen LogP contribution is 2.40. The van der Waals surface area contributed by atoms with E-state index >= 15 is 0 Å². The van der Waals surface area contributed by atoms with E-state index in [0.29, 0.717) is 6.54 Å². The molecule has 1 aliphatic carbocycles. The first-order valence-corrected chi connectivity index (χ1v) is 6.81. The fraction of sp³-hybridized carbons (Fsp3) is 0.600. The van der Waals surface area contributed by atoms with E-state index in [9.17, 15) is 9.90 Å². The van der Waals surface area contributed by atoms with Crippen LogP contribution in [0, 0.1) is 5.41 Å². The van der Waals surface area contributed by atoms with Crippen molar-refractivity contribution in [2.24, 2.45) is 5.41 Å². The molecule has 0 atom stereocenters. The lowest BCUT2D eigenvalue weighted by Crippen LogP contribution is -2.48. The Bertz CT molecular complexity index is 439. The molecule has 0 unspecified atom stereocenters. The maximum Gasteiger partial charge on any atom is 0.310 e. The van der Waals surface area contributed by atoms with E-state index in [1.165, 1.54) is 5.56 Å². The molecule has 2 rings (SSSR count). The summed E-state index contributed by atoms with van der Waals surface area (Å²) in [5.41, 5.74) is 0.675. The Morgan fingerprint density at radius 1 is 1.42 bits per heavy atom. The summed E-state index contributed by atoms with van der Waals surface area (Å²) in [6.45, 7) is 5.65. The zero-order valence-electron chi connectivity index (χ0n) is 11.6. The minimum Gasteiger partial charge on any atom is -0.481 e. The van der Waals surface area contributed by atoms with Crippen molar-refractivity contribution in [3.05, 3.63) is 30.1 Å². The summed E-state index contributed by atoms with van der Waals surface area (Å²) in [5.74, 6) is -0.659. The number of aliphatic carboxylic acids is 1. The van der Waals surface area contributed by atoms with Crippen LogP contribution < -0.4 is 5.32 Å². The SMILES string of the molecule is CC(C)(CNCC1(C(=O)O)CCC1)c1ccncc1. The first-order chi connectivity index (χ1) is 8.96. The largest absolute Gasteiger partial charge is 0.481 e. The predicted molar refractivity (Wildman–Crippen MR) is 74.1 cm³/mol. The quantitative estimate of drug-likeness (QED) is 0.825. The number of nitrogens with zero attached hydrogens (tertiary/aromatic N) is 1. The van der Waals surface area contributed by atoms with Gasteiger partial charge in [0.1, 0.15) is 0 Å². The molecule has 1 fully saturated rings. The van der Waals surface area contributed by atoms with Gasteiger partial charge in [-0.1, -0.05) is 20.3 Å². The Kier molecular flexibility index (Phi) is 3.90. The number of nitrogens with one attached hydrogen (secondary N) is 1. The molecule has 1 heterocycles. The Balaban J connectivity index is 1.90. The van der Waals surface area contributed by atoms with E-state index in [-0.39, 0.29) is 5.41 Å². The molecular weight excluding hydrogens is 240 g/mol. The third-order valence-electron chi connectivity index (χ3n) is 4.26. The van der Waals surface area contributed by atoms with Crippen LogP contribution in [0.25, 0.3) is 0 Å². The highest BCUT2D eigenvalue weighted by Gasteiger charge is 2.44. The van der Waals surface area contributed by atoms with E-state index in [4.69, 9.17) is 0 Å². The van der Waals surface area contributed by atoms with Crippen molar-refractivity contribution in [2.75, 3.05) is 13.1 Å². The van der Waals surface area contributed by atoms with Crippen molar-refractivity contribution in [1.29, 1.82) is 0 Å². The molecule has 4 heteroatoms. The Hall–Kier alpha value is -1.42. The van der Waals surface area contributed by atoms with E-state index in [2.05, 4.69) is 24.1 Å². The van der Waals surface area contributed by atoms with Crippen molar-refractivity contribution in [3.63, 3.8) is 0 Å². The molecule has 0 aromatic carbocycles. The van der Waals surface area contributed by atoms with Gasteiger partial charge in [0.2, 0.25) is 0 Å². The standard InChI is InChI=1S/C15H22N2O2/c1-14(2,12-4-8-16-9-5-12)10-17-11-15(13(18)19)6-3-7-15/h4-5,8-9,17H,3,6-7,10-11H2,1-2H3,(H,18,19). The van der Waals surface area contributed by atoms with E-state index in [1.807, 2.05) is 12.1 Å². The number of hydrogen-bond donors (Lipinski definition) is 2. The van der Waals surface area contributed by atoms with E-state index in [0.717, 1.165) is 25.8 Å². The van der Waals surface area contributed by atoms with Crippen molar-refractivity contribution < 1.29 is 9.90 Å². The fourth-order valence-electron chi connectivity index (χ4n) is 2.59. The monoisotopic (exact) mass is 262 g/mol. The second kappa shape index (κ2) is 5.29. The molecule has 0 bridgehead atoms. The molecule has 0 spiro atoms. The molecular formula is C15H22N2O2. The molecule has 0 radical (unpaired) electrons. The van der Waals surface area contributed by atoms with Gasteiger partial charge < -0.3 is 10.4 Å². The number of aromatic nitrogens is 1. The summed E-state index contributed by atoms with van der Waals surface area (Å²) in [7, 11) is 0. The third-order valence-corrected chi connectivity index (χ3v) is 4.26. The van der Waals surface area contributed by atoms with Gasteiger partial charge in [-0.3, -0.25) is 9.78 Å². The minimum atomic E-state index is -0.659. The fourth-order valence-corrected chi connectivity index (χ4v) is 2.59. The van der Waals surface area contributed by atoms with Crippen LogP contribution in [-0.2, 0) is 10.2 Å². The first-order valence-electron chi connectivity index (χ1n) is 6.81. The number of hydrogen-bond acceptors (Lipinski definition) is 3. The molecule has 0 saturated heterocycles. The Morgan fingerprint density at radius 3 is 2.53 bits per heavy atom. The lowest BCUT2D eigenvalue weighted by molar-refractivity contribution is -0.154. The van der Waals surface area contributed by atoms with Crippen LogP contribution in [-0.4, -0.2) is 29.1 Å². The molecule has 0 aliphatic heterocycles. The Labute approximate surface area is 114 Å². The van der Waals surface area contributed by atoms with Crippen LogP contribution in [0.1, 0.15) is 38.7 Å². The molecule has 2 N–H and O–H groups in total. The highest BCUT2D eigenvalue weighted by atomic mass is 16.4. The summed E-state index contributed by atoms with van der Waals surface area (Å²) >= 11 is 0. The van der Waals surface area contributed by atoms with Gasteiger partial charge in [0.05, 0.1) is 5.41 Å². The summed E-state index contributed by atoms with van der Waals surface area (Å²) in [6, 6.07) is 4.02. The first kappa shape index (κ1) is 14.0. The smallest absolute Gasteiger partial charge is 0.310 e. The molecule has 104 valence electrons. The van der Waals surface area contributed by atoms with Gasteiger partial charge in [-0.2, -0.15) is 0 Å².